The largest absolute Gasteiger partial charge is 0.387 e. The van der Waals surface area contributed by atoms with Crippen LogP contribution in [-0.2, 0) is 0 Å². The Labute approximate surface area is 112 Å². The lowest BCUT2D eigenvalue weighted by Crippen LogP contribution is -2.40. The van der Waals surface area contributed by atoms with Gasteiger partial charge in [-0.2, -0.15) is 0 Å². The summed E-state index contributed by atoms with van der Waals surface area (Å²) in [5.41, 5.74) is -0.0705. The normalized spacial score (nSPS) is 23.5. The van der Waals surface area contributed by atoms with E-state index in [1.807, 2.05) is 0 Å². The summed E-state index contributed by atoms with van der Waals surface area (Å²) in [7, 11) is 0. The van der Waals surface area contributed by atoms with Gasteiger partial charge < -0.3 is 10.4 Å². The van der Waals surface area contributed by atoms with Crippen molar-refractivity contribution < 1.29 is 13.9 Å². The van der Waals surface area contributed by atoms with Crippen LogP contribution in [0.25, 0.3) is 0 Å². The first-order valence-electron chi connectivity index (χ1n) is 6.77. The van der Waals surface area contributed by atoms with Crippen LogP contribution in [0.5, 0.6) is 0 Å². The summed E-state index contributed by atoms with van der Waals surface area (Å²) < 4.78 is 27.1. The summed E-state index contributed by atoms with van der Waals surface area (Å²) >= 11 is 0. The van der Waals surface area contributed by atoms with E-state index >= 15 is 0 Å². The molecule has 0 heterocycles. The number of aliphatic hydroxyl groups is 1. The average molecular weight is 269 g/mol. The van der Waals surface area contributed by atoms with Gasteiger partial charge in [0.05, 0.1) is 11.7 Å². The van der Waals surface area contributed by atoms with Gasteiger partial charge in [-0.05, 0) is 30.4 Å². The van der Waals surface area contributed by atoms with Gasteiger partial charge in [-0.3, -0.25) is 0 Å². The summed E-state index contributed by atoms with van der Waals surface area (Å²) in [5, 5.41) is 13.2. The van der Waals surface area contributed by atoms with Gasteiger partial charge in [-0.15, -0.1) is 0 Å². The summed E-state index contributed by atoms with van der Waals surface area (Å²) in [6.07, 6.45) is 2.17. The zero-order valence-corrected chi connectivity index (χ0v) is 11.4. The van der Waals surface area contributed by atoms with Crippen LogP contribution in [0.2, 0.25) is 0 Å². The topological polar surface area (TPSA) is 32.3 Å². The van der Waals surface area contributed by atoms with Crippen LogP contribution in [0.4, 0.5) is 8.78 Å². The molecule has 2 nitrogen and oxygen atoms in total. The zero-order chi connectivity index (χ0) is 14.0. The van der Waals surface area contributed by atoms with Crippen LogP contribution >= 0.6 is 0 Å². The predicted octanol–water partition coefficient (Wildman–Crippen LogP) is 3.17. The average Bonchev–Trinajstić information content (AvgIpc) is 2.65. The minimum absolute atomic E-state index is 0.173. The van der Waals surface area contributed by atoms with Crippen LogP contribution in [0, 0.1) is 17.0 Å². The maximum absolute atomic E-state index is 13.5. The number of hydrogen-bond donors (Lipinski definition) is 2. The second-order valence-electron chi connectivity index (χ2n) is 5.99. The Morgan fingerprint density at radius 1 is 1.37 bits per heavy atom. The molecule has 0 aliphatic heterocycles. The Morgan fingerprint density at radius 2 is 2.00 bits per heavy atom. The molecule has 1 aliphatic rings. The van der Waals surface area contributed by atoms with E-state index in [0.29, 0.717) is 0 Å². The summed E-state index contributed by atoms with van der Waals surface area (Å²) in [4.78, 5) is 0. The van der Waals surface area contributed by atoms with E-state index < -0.39 is 17.7 Å². The molecule has 4 heteroatoms. The Balaban J connectivity index is 2.00. The second-order valence-corrected chi connectivity index (χ2v) is 5.99. The molecule has 0 radical (unpaired) electrons. The highest BCUT2D eigenvalue weighted by Gasteiger charge is 2.34. The van der Waals surface area contributed by atoms with Crippen LogP contribution in [0.1, 0.15) is 44.8 Å². The van der Waals surface area contributed by atoms with Crippen LogP contribution in [0.15, 0.2) is 18.2 Å². The molecule has 0 aromatic heterocycles. The number of hydrogen-bond acceptors (Lipinski definition) is 2. The SMILES string of the molecule is CC1(C)CCCC1NCC(O)c1c(F)cccc1F. The summed E-state index contributed by atoms with van der Waals surface area (Å²) in [5.74, 6) is -1.39. The molecule has 2 rings (SSSR count). The van der Waals surface area contributed by atoms with Crippen LogP contribution in [0.3, 0.4) is 0 Å². The van der Waals surface area contributed by atoms with Crippen LogP contribution in [-0.4, -0.2) is 17.7 Å². The lowest BCUT2D eigenvalue weighted by Gasteiger charge is -2.29. The molecule has 1 aromatic carbocycles. The van der Waals surface area contributed by atoms with Crippen molar-refractivity contribution in [2.24, 2.45) is 5.41 Å². The third kappa shape index (κ3) is 3.12. The van der Waals surface area contributed by atoms with Gasteiger partial charge in [0.1, 0.15) is 11.6 Å². The summed E-state index contributed by atoms with van der Waals surface area (Å²) in [6, 6.07) is 3.92. The highest BCUT2D eigenvalue weighted by molar-refractivity contribution is 5.22. The molecule has 1 saturated carbocycles. The van der Waals surface area contributed by atoms with Gasteiger partial charge in [-0.1, -0.05) is 26.3 Å². The monoisotopic (exact) mass is 269 g/mol. The minimum Gasteiger partial charge on any atom is -0.387 e. The van der Waals surface area contributed by atoms with Crippen molar-refractivity contribution >= 4 is 0 Å². The van der Waals surface area contributed by atoms with Crippen molar-refractivity contribution in [3.63, 3.8) is 0 Å². The van der Waals surface area contributed by atoms with Crippen molar-refractivity contribution in [1.29, 1.82) is 0 Å². The number of halogens is 2. The third-order valence-corrected chi connectivity index (χ3v) is 4.15. The van der Waals surface area contributed by atoms with Gasteiger partial charge in [0, 0.05) is 12.6 Å². The molecule has 106 valence electrons. The van der Waals surface area contributed by atoms with Gasteiger partial charge in [0.2, 0.25) is 0 Å². The Bertz CT molecular complexity index is 428. The maximum atomic E-state index is 13.5. The number of aliphatic hydroxyl groups excluding tert-OH is 1. The molecule has 0 saturated heterocycles. The fourth-order valence-electron chi connectivity index (χ4n) is 2.89. The second kappa shape index (κ2) is 5.55. The number of nitrogens with one attached hydrogen (secondary N) is 1. The Hall–Kier alpha value is -1.00. The lowest BCUT2D eigenvalue weighted by molar-refractivity contribution is 0.150. The highest BCUT2D eigenvalue weighted by atomic mass is 19.1. The van der Waals surface area contributed by atoms with Crippen molar-refractivity contribution in [3.8, 4) is 0 Å². The molecule has 19 heavy (non-hydrogen) atoms. The molecule has 0 spiro atoms. The van der Waals surface area contributed by atoms with Crippen molar-refractivity contribution in [3.05, 3.63) is 35.4 Å². The van der Waals surface area contributed by atoms with Gasteiger partial charge in [-0.25, -0.2) is 8.78 Å². The first kappa shape index (κ1) is 14.4. The molecule has 2 N–H and O–H groups in total. The minimum atomic E-state index is -1.16. The molecule has 0 bridgehead atoms. The van der Waals surface area contributed by atoms with Gasteiger partial charge in [0.15, 0.2) is 0 Å². The molecule has 1 fully saturated rings. The predicted molar refractivity (Wildman–Crippen MR) is 70.7 cm³/mol. The zero-order valence-electron chi connectivity index (χ0n) is 11.4. The van der Waals surface area contributed by atoms with E-state index in [-0.39, 0.29) is 23.6 Å². The quantitative estimate of drug-likeness (QED) is 0.880. The smallest absolute Gasteiger partial charge is 0.131 e. The van der Waals surface area contributed by atoms with Crippen molar-refractivity contribution in [1.82, 2.24) is 5.32 Å². The molecule has 2 atom stereocenters. The molecular formula is C15H21F2NO. The first-order valence-corrected chi connectivity index (χ1v) is 6.77. The van der Waals surface area contributed by atoms with Crippen molar-refractivity contribution in [2.75, 3.05) is 6.54 Å². The number of rotatable bonds is 4. The van der Waals surface area contributed by atoms with Crippen molar-refractivity contribution in [2.45, 2.75) is 45.3 Å². The molecule has 1 aromatic rings. The molecule has 0 amide bonds. The van der Waals surface area contributed by atoms with E-state index in [4.69, 9.17) is 0 Å². The van der Waals surface area contributed by atoms with Gasteiger partial charge >= 0.3 is 0 Å². The van der Waals surface area contributed by atoms with E-state index in [1.165, 1.54) is 18.2 Å². The summed E-state index contributed by atoms with van der Waals surface area (Å²) in [6.45, 7) is 4.52. The van der Waals surface area contributed by atoms with E-state index in [0.717, 1.165) is 19.3 Å². The van der Waals surface area contributed by atoms with E-state index in [2.05, 4.69) is 19.2 Å². The molecule has 1 aliphatic carbocycles. The Kier molecular flexibility index (Phi) is 4.21. The number of benzene rings is 1. The van der Waals surface area contributed by atoms with E-state index in [1.54, 1.807) is 0 Å². The first-order chi connectivity index (χ1) is 8.92. The highest BCUT2D eigenvalue weighted by Crippen LogP contribution is 2.37. The third-order valence-electron chi connectivity index (χ3n) is 4.15. The fourth-order valence-corrected chi connectivity index (χ4v) is 2.89. The lowest BCUT2D eigenvalue weighted by atomic mass is 9.87. The molecule has 2 unspecified atom stereocenters. The van der Waals surface area contributed by atoms with Crippen LogP contribution < -0.4 is 5.32 Å². The van der Waals surface area contributed by atoms with E-state index in [9.17, 15) is 13.9 Å². The Morgan fingerprint density at radius 3 is 2.53 bits per heavy atom. The maximum Gasteiger partial charge on any atom is 0.131 e. The molecular weight excluding hydrogens is 248 g/mol. The van der Waals surface area contributed by atoms with Gasteiger partial charge in [0.25, 0.3) is 0 Å². The fraction of sp³-hybridized carbons (Fsp3) is 0.600. The standard InChI is InChI=1S/C15H21F2NO/c1-15(2)8-4-7-13(15)18-9-12(19)14-10(16)5-3-6-11(14)17/h3,5-6,12-13,18-19H,4,7-9H2,1-2H3.